The molecule has 0 fully saturated rings. The van der Waals surface area contributed by atoms with Gasteiger partial charge in [-0.1, -0.05) is 11.6 Å². The second-order valence-corrected chi connectivity index (χ2v) is 6.88. The normalized spacial score (nSPS) is 11.5. The van der Waals surface area contributed by atoms with Crippen LogP contribution in [-0.2, 0) is 10.0 Å². The van der Waals surface area contributed by atoms with Crippen LogP contribution in [0.4, 0.5) is 5.69 Å². The van der Waals surface area contributed by atoms with Crippen molar-refractivity contribution in [1.29, 1.82) is 0 Å². The maximum absolute atomic E-state index is 11.2. The summed E-state index contributed by atoms with van der Waals surface area (Å²) in [4.78, 5) is 0.0327. The van der Waals surface area contributed by atoms with Gasteiger partial charge in [-0.3, -0.25) is 5.43 Å². The van der Waals surface area contributed by atoms with Gasteiger partial charge in [0.15, 0.2) is 11.5 Å². The van der Waals surface area contributed by atoms with E-state index >= 15 is 0 Å². The van der Waals surface area contributed by atoms with Gasteiger partial charge in [-0.15, -0.1) is 0 Å². The van der Waals surface area contributed by atoms with Gasteiger partial charge in [0.1, 0.15) is 0 Å². The molecular formula is C16H18ClN3O4S. The number of hydrazone groups is 1. The summed E-state index contributed by atoms with van der Waals surface area (Å²) in [5, 5.41) is 9.55. The van der Waals surface area contributed by atoms with E-state index < -0.39 is 10.0 Å². The van der Waals surface area contributed by atoms with E-state index in [1.165, 1.54) is 19.2 Å². The van der Waals surface area contributed by atoms with Gasteiger partial charge < -0.3 is 9.47 Å². The maximum Gasteiger partial charge on any atom is 0.238 e. The number of primary sulfonamides is 1. The zero-order chi connectivity index (χ0) is 18.4. The van der Waals surface area contributed by atoms with Gasteiger partial charge >= 0.3 is 0 Å². The Balaban J connectivity index is 2.14. The van der Waals surface area contributed by atoms with E-state index in [4.69, 9.17) is 26.2 Å². The highest BCUT2D eigenvalue weighted by Crippen LogP contribution is 2.35. The van der Waals surface area contributed by atoms with Crippen LogP contribution in [0.5, 0.6) is 11.5 Å². The molecule has 0 amide bonds. The van der Waals surface area contributed by atoms with Crippen LogP contribution in [-0.4, -0.2) is 28.3 Å². The Hall–Kier alpha value is -2.29. The minimum Gasteiger partial charge on any atom is -0.491 e. The number of benzene rings is 2. The number of nitrogens with two attached hydrogens (primary N) is 1. The Morgan fingerprint density at radius 2 is 1.96 bits per heavy atom. The zero-order valence-electron chi connectivity index (χ0n) is 13.7. The van der Waals surface area contributed by atoms with Crippen molar-refractivity contribution in [2.24, 2.45) is 10.2 Å². The predicted molar refractivity (Wildman–Crippen MR) is 98.2 cm³/mol. The quantitative estimate of drug-likeness (QED) is 0.565. The van der Waals surface area contributed by atoms with Gasteiger partial charge in [0, 0.05) is 0 Å². The smallest absolute Gasteiger partial charge is 0.238 e. The summed E-state index contributed by atoms with van der Waals surface area (Å²) in [5.74, 6) is 0.990. The first-order valence-electron chi connectivity index (χ1n) is 7.27. The molecule has 0 unspecified atom stereocenters. The number of methoxy groups -OCH3 is 1. The van der Waals surface area contributed by atoms with Gasteiger partial charge in [0.25, 0.3) is 0 Å². The van der Waals surface area contributed by atoms with Gasteiger partial charge in [-0.25, -0.2) is 13.6 Å². The lowest BCUT2D eigenvalue weighted by atomic mass is 10.2. The third-order valence-corrected chi connectivity index (χ3v) is 4.34. The number of halogens is 1. The van der Waals surface area contributed by atoms with Crippen LogP contribution >= 0.6 is 11.6 Å². The van der Waals surface area contributed by atoms with Crippen LogP contribution in [0.2, 0.25) is 5.02 Å². The molecule has 0 aliphatic rings. The number of rotatable bonds is 7. The van der Waals surface area contributed by atoms with Crippen molar-refractivity contribution in [2.75, 3.05) is 19.1 Å². The number of nitrogens with one attached hydrogen (secondary N) is 1. The van der Waals surface area contributed by atoms with E-state index in [0.717, 1.165) is 0 Å². The fraction of sp³-hybridized carbons (Fsp3) is 0.188. The summed E-state index contributed by atoms with van der Waals surface area (Å²) in [6, 6.07) is 9.35. The minimum absolute atomic E-state index is 0.0327. The summed E-state index contributed by atoms with van der Waals surface area (Å²) >= 11 is 6.17. The minimum atomic E-state index is -3.71. The van der Waals surface area contributed by atoms with Gasteiger partial charge in [0.05, 0.1) is 35.5 Å². The number of sulfonamides is 1. The third-order valence-electron chi connectivity index (χ3n) is 3.13. The molecule has 0 saturated carbocycles. The van der Waals surface area contributed by atoms with Crippen LogP contribution in [0.25, 0.3) is 0 Å². The van der Waals surface area contributed by atoms with Crippen LogP contribution in [0, 0.1) is 0 Å². The Morgan fingerprint density at radius 3 is 2.52 bits per heavy atom. The van der Waals surface area contributed by atoms with E-state index in [1.54, 1.807) is 30.5 Å². The Bertz CT molecular complexity index is 868. The predicted octanol–water partition coefficient (Wildman–Crippen LogP) is 2.84. The summed E-state index contributed by atoms with van der Waals surface area (Å²) in [6.07, 6.45) is 1.56. The monoisotopic (exact) mass is 383 g/mol. The average Bonchev–Trinajstić information content (AvgIpc) is 2.55. The summed E-state index contributed by atoms with van der Waals surface area (Å²) in [6.45, 7) is 2.34. The first-order valence-corrected chi connectivity index (χ1v) is 9.20. The average molecular weight is 384 g/mol. The highest BCUT2D eigenvalue weighted by Gasteiger charge is 2.10. The molecule has 0 aliphatic heterocycles. The van der Waals surface area contributed by atoms with E-state index in [9.17, 15) is 8.42 Å². The molecule has 0 spiro atoms. The van der Waals surface area contributed by atoms with Gasteiger partial charge in [-0.05, 0) is 48.9 Å². The first kappa shape index (κ1) is 19.0. The first-order chi connectivity index (χ1) is 11.8. The second kappa shape index (κ2) is 8.19. The van der Waals surface area contributed by atoms with Crippen LogP contribution in [0.15, 0.2) is 46.4 Å². The van der Waals surface area contributed by atoms with E-state index in [2.05, 4.69) is 10.5 Å². The van der Waals surface area contributed by atoms with E-state index in [1.807, 2.05) is 6.92 Å². The largest absolute Gasteiger partial charge is 0.491 e. The standard InChI is InChI=1S/C16H18ClN3O4S/c1-3-24-15-9-11(8-14(17)16(15)23-2)10-19-20-12-4-6-13(7-5-12)25(18,21)22/h4-10,20H,3H2,1-2H3,(H2,18,21,22)/b19-10-. The molecule has 0 heterocycles. The van der Waals surface area contributed by atoms with Crippen LogP contribution < -0.4 is 20.0 Å². The lowest BCUT2D eigenvalue weighted by Gasteiger charge is -2.11. The van der Waals surface area contributed by atoms with Crippen molar-refractivity contribution in [1.82, 2.24) is 0 Å². The molecule has 2 rings (SSSR count). The van der Waals surface area contributed by atoms with E-state index in [-0.39, 0.29) is 4.90 Å². The van der Waals surface area contributed by atoms with Gasteiger partial charge in [-0.2, -0.15) is 5.10 Å². The number of hydrogen-bond acceptors (Lipinski definition) is 6. The van der Waals surface area contributed by atoms with Crippen molar-refractivity contribution in [3.05, 3.63) is 47.0 Å². The Kier molecular flexibility index (Phi) is 6.24. The highest BCUT2D eigenvalue weighted by atomic mass is 35.5. The number of hydrogen-bond donors (Lipinski definition) is 2. The molecule has 0 aromatic heterocycles. The van der Waals surface area contributed by atoms with Crippen LogP contribution in [0.3, 0.4) is 0 Å². The molecule has 134 valence electrons. The van der Waals surface area contributed by atoms with Crippen molar-refractivity contribution < 1.29 is 17.9 Å². The summed E-state index contributed by atoms with van der Waals surface area (Å²) in [5.41, 5.74) is 4.11. The number of anilines is 1. The van der Waals surface area contributed by atoms with Crippen molar-refractivity contribution in [2.45, 2.75) is 11.8 Å². The fourth-order valence-corrected chi connectivity index (χ4v) is 2.84. The molecule has 2 aromatic rings. The molecular weight excluding hydrogens is 366 g/mol. The van der Waals surface area contributed by atoms with Crippen molar-refractivity contribution >= 4 is 33.5 Å². The molecule has 0 atom stereocenters. The molecule has 25 heavy (non-hydrogen) atoms. The Labute approximate surface area is 151 Å². The summed E-state index contributed by atoms with van der Waals surface area (Å²) in [7, 11) is -2.19. The molecule has 3 N–H and O–H groups in total. The zero-order valence-corrected chi connectivity index (χ0v) is 15.3. The second-order valence-electron chi connectivity index (χ2n) is 4.91. The molecule has 2 aromatic carbocycles. The van der Waals surface area contributed by atoms with Crippen molar-refractivity contribution in [3.63, 3.8) is 0 Å². The van der Waals surface area contributed by atoms with E-state index in [0.29, 0.717) is 34.4 Å². The Morgan fingerprint density at radius 1 is 1.28 bits per heavy atom. The molecule has 7 nitrogen and oxygen atoms in total. The fourth-order valence-electron chi connectivity index (χ4n) is 2.02. The van der Waals surface area contributed by atoms with Gasteiger partial charge in [0.2, 0.25) is 10.0 Å². The third kappa shape index (κ3) is 5.09. The SMILES string of the molecule is CCOc1cc(/C=N\Nc2ccc(S(N)(=O)=O)cc2)cc(Cl)c1OC. The highest BCUT2D eigenvalue weighted by molar-refractivity contribution is 7.89. The van der Waals surface area contributed by atoms with Crippen molar-refractivity contribution in [3.8, 4) is 11.5 Å². The summed E-state index contributed by atoms with van der Waals surface area (Å²) < 4.78 is 33.1. The lowest BCUT2D eigenvalue weighted by molar-refractivity contribution is 0.311. The topological polar surface area (TPSA) is 103 Å². The van der Waals surface area contributed by atoms with Crippen LogP contribution in [0.1, 0.15) is 12.5 Å². The molecule has 0 radical (unpaired) electrons. The molecule has 0 bridgehead atoms. The number of ether oxygens (including phenoxy) is 2. The molecule has 0 aliphatic carbocycles. The maximum atomic E-state index is 11.2. The molecule has 9 heteroatoms. The molecule has 0 saturated heterocycles. The lowest BCUT2D eigenvalue weighted by Crippen LogP contribution is -2.11. The number of nitrogens with zero attached hydrogens (tertiary/aromatic N) is 1.